The number of benzene rings is 9. The Hall–Kier alpha value is -8.47. The molecule has 4 heteroatoms. The molecule has 64 heavy (non-hydrogen) atoms. The summed E-state index contributed by atoms with van der Waals surface area (Å²) in [4.78, 5) is 14.7. The molecule has 0 amide bonds. The molecular weight excluding hydrogens is 777 g/mol. The van der Waals surface area contributed by atoms with E-state index < -0.39 is 0 Å². The summed E-state index contributed by atoms with van der Waals surface area (Å²) in [6.45, 7) is 5.95. The molecule has 0 N–H and O–H groups in total. The minimum absolute atomic E-state index is 0.685. The fourth-order valence-corrected chi connectivity index (χ4v) is 9.86. The van der Waals surface area contributed by atoms with Crippen LogP contribution in [0.15, 0.2) is 217 Å². The minimum Gasteiger partial charge on any atom is -0.290 e. The molecule has 3 heterocycles. The number of pyridine rings is 2. The molecule has 9 aromatic carbocycles. The van der Waals surface area contributed by atoms with E-state index in [4.69, 9.17) is 9.97 Å². The zero-order valence-corrected chi connectivity index (χ0v) is 35.2. The molecule has 0 aliphatic carbocycles. The van der Waals surface area contributed by atoms with Gasteiger partial charge in [0.05, 0.1) is 16.9 Å². The van der Waals surface area contributed by atoms with Crippen LogP contribution in [0, 0.1) is 0 Å². The van der Waals surface area contributed by atoms with Gasteiger partial charge in [-0.25, -0.2) is 4.98 Å². The molecular formula is C60H40N4. The Balaban J connectivity index is 1.15. The summed E-state index contributed by atoms with van der Waals surface area (Å²) in [5.41, 5.74) is 12.1. The van der Waals surface area contributed by atoms with Gasteiger partial charge in [-0.15, -0.1) is 0 Å². The first-order valence-corrected chi connectivity index (χ1v) is 21.7. The van der Waals surface area contributed by atoms with Gasteiger partial charge in [0.15, 0.2) is 0 Å². The standard InChI is InChI=1S/C60H40N4/c1-3-4-23-53(61-2)58-59(54-24-13-14-33-62-54)64-55-32-30-43(36-51(55)46-19-9-12-22-50(46)60(64)63-58)42-29-31-49-52(37-42)57(45-28-26-39-16-6-8-18-41(39)35-45)48-21-11-10-20-47(48)56(49)44-27-25-38-15-5-7-17-40(38)34-44/h3-37H,2H2,1H3/b4-3-,53-23-. The first kappa shape index (κ1) is 37.3. The predicted octanol–water partition coefficient (Wildman–Crippen LogP) is 15.9. The molecule has 0 spiro atoms. The molecule has 0 aliphatic rings. The fraction of sp³-hybridized carbons (Fsp3) is 0.0167. The van der Waals surface area contributed by atoms with Crippen molar-refractivity contribution in [2.75, 3.05) is 0 Å². The molecule has 3 aromatic heterocycles. The van der Waals surface area contributed by atoms with Gasteiger partial charge >= 0.3 is 0 Å². The Kier molecular flexibility index (Phi) is 8.84. The number of hydrogen-bond donors (Lipinski definition) is 0. The minimum atomic E-state index is 0.685. The fourth-order valence-electron chi connectivity index (χ4n) is 9.86. The van der Waals surface area contributed by atoms with E-state index in [1.165, 1.54) is 65.3 Å². The summed E-state index contributed by atoms with van der Waals surface area (Å²) in [5, 5.41) is 13.1. The summed E-state index contributed by atoms with van der Waals surface area (Å²) >= 11 is 0. The van der Waals surface area contributed by atoms with Gasteiger partial charge in [0.25, 0.3) is 0 Å². The Labute approximate surface area is 370 Å². The lowest BCUT2D eigenvalue weighted by atomic mass is 9.84. The van der Waals surface area contributed by atoms with Crippen LogP contribution in [0.2, 0.25) is 0 Å². The van der Waals surface area contributed by atoms with E-state index in [1.54, 1.807) is 0 Å². The van der Waals surface area contributed by atoms with Crippen molar-refractivity contribution in [3.05, 3.63) is 218 Å². The number of aromatic nitrogens is 3. The van der Waals surface area contributed by atoms with Gasteiger partial charge in [0, 0.05) is 17.0 Å². The van der Waals surface area contributed by atoms with Gasteiger partial charge < -0.3 is 0 Å². The second-order valence-corrected chi connectivity index (χ2v) is 16.4. The summed E-state index contributed by atoms with van der Waals surface area (Å²) in [6.07, 6.45) is 7.75. The Morgan fingerprint density at radius 3 is 1.69 bits per heavy atom. The quantitative estimate of drug-likeness (QED) is 0.0696. The first-order valence-electron chi connectivity index (χ1n) is 21.7. The third-order valence-electron chi connectivity index (χ3n) is 12.8. The third kappa shape index (κ3) is 5.95. The summed E-state index contributed by atoms with van der Waals surface area (Å²) < 4.78 is 2.26. The van der Waals surface area contributed by atoms with E-state index in [9.17, 15) is 0 Å². The van der Waals surface area contributed by atoms with Gasteiger partial charge in [-0.3, -0.25) is 14.4 Å². The number of fused-ring (bicyclic) bond motifs is 10. The lowest BCUT2D eigenvalue weighted by molar-refractivity contribution is 1.22. The molecule has 300 valence electrons. The van der Waals surface area contributed by atoms with E-state index in [0.29, 0.717) is 5.70 Å². The Bertz CT molecular complexity index is 3930. The van der Waals surface area contributed by atoms with Gasteiger partial charge in [0.1, 0.15) is 17.0 Å². The summed E-state index contributed by atoms with van der Waals surface area (Å²) in [5.74, 6) is 0. The molecule has 12 aromatic rings. The second kappa shape index (κ2) is 15.2. The molecule has 0 saturated heterocycles. The van der Waals surface area contributed by atoms with Crippen LogP contribution in [0.4, 0.5) is 0 Å². The van der Waals surface area contributed by atoms with Gasteiger partial charge in [-0.1, -0.05) is 158 Å². The molecule has 0 fully saturated rings. The van der Waals surface area contributed by atoms with Crippen LogP contribution >= 0.6 is 0 Å². The summed E-state index contributed by atoms with van der Waals surface area (Å²) in [6, 6.07) is 68.5. The number of hydrogen-bond acceptors (Lipinski definition) is 3. The average Bonchev–Trinajstić information content (AvgIpc) is 3.76. The maximum absolute atomic E-state index is 5.33. The van der Waals surface area contributed by atoms with Crippen LogP contribution in [-0.2, 0) is 0 Å². The number of aliphatic imine (C=N–C) groups is 1. The normalized spacial score (nSPS) is 12.2. The van der Waals surface area contributed by atoms with Crippen molar-refractivity contribution in [1.82, 2.24) is 14.4 Å². The van der Waals surface area contributed by atoms with Crippen molar-refractivity contribution in [2.45, 2.75) is 6.92 Å². The monoisotopic (exact) mass is 816 g/mol. The SMILES string of the molecule is C=N/C(=C\C=C/C)c1nc2c3ccccc3c3cc(-c4ccc5c(-c6ccc7ccccc7c6)c6ccccc6c(-c6ccc7ccccc7c6)c5c4)ccc3n2c1-c1ccccn1. The van der Waals surface area contributed by atoms with E-state index in [2.05, 4.69) is 186 Å². The number of nitrogens with zero attached hydrogens (tertiary/aromatic N) is 4. The van der Waals surface area contributed by atoms with Crippen molar-refractivity contribution in [3.8, 4) is 44.8 Å². The Morgan fingerprint density at radius 2 is 1.05 bits per heavy atom. The molecule has 0 unspecified atom stereocenters. The highest BCUT2D eigenvalue weighted by atomic mass is 15.1. The van der Waals surface area contributed by atoms with Gasteiger partial charge in [-0.2, -0.15) is 0 Å². The predicted molar refractivity (Wildman–Crippen MR) is 272 cm³/mol. The topological polar surface area (TPSA) is 42.5 Å². The zero-order valence-electron chi connectivity index (χ0n) is 35.2. The summed E-state index contributed by atoms with van der Waals surface area (Å²) in [7, 11) is 0. The van der Waals surface area contributed by atoms with Crippen LogP contribution in [-0.4, -0.2) is 21.1 Å². The first-order chi connectivity index (χ1) is 31.7. The smallest absolute Gasteiger partial charge is 0.146 e. The molecule has 0 aliphatic heterocycles. The average molecular weight is 817 g/mol. The molecule has 0 radical (unpaired) electrons. The van der Waals surface area contributed by atoms with E-state index >= 15 is 0 Å². The van der Waals surface area contributed by atoms with Crippen molar-refractivity contribution in [3.63, 3.8) is 0 Å². The maximum atomic E-state index is 5.33. The van der Waals surface area contributed by atoms with E-state index in [-0.39, 0.29) is 0 Å². The lowest BCUT2D eigenvalue weighted by Gasteiger charge is -2.19. The number of rotatable bonds is 7. The molecule has 0 saturated carbocycles. The highest BCUT2D eigenvalue weighted by Gasteiger charge is 2.23. The molecule has 12 rings (SSSR count). The molecule has 4 nitrogen and oxygen atoms in total. The number of imidazole rings is 1. The zero-order chi connectivity index (χ0) is 42.7. The highest BCUT2D eigenvalue weighted by molar-refractivity contribution is 6.23. The van der Waals surface area contributed by atoms with Crippen molar-refractivity contribution >= 4 is 82.8 Å². The van der Waals surface area contributed by atoms with E-state index in [0.717, 1.165) is 55.5 Å². The highest BCUT2D eigenvalue weighted by Crippen LogP contribution is 2.46. The van der Waals surface area contributed by atoms with Gasteiger partial charge in [0.2, 0.25) is 0 Å². The third-order valence-corrected chi connectivity index (χ3v) is 12.8. The van der Waals surface area contributed by atoms with Crippen molar-refractivity contribution in [2.24, 2.45) is 4.99 Å². The van der Waals surface area contributed by atoms with Crippen LogP contribution in [0.1, 0.15) is 12.6 Å². The largest absolute Gasteiger partial charge is 0.290 e. The van der Waals surface area contributed by atoms with Crippen LogP contribution < -0.4 is 0 Å². The molecule has 0 atom stereocenters. The van der Waals surface area contributed by atoms with Gasteiger partial charge in [-0.05, 0) is 144 Å². The lowest BCUT2D eigenvalue weighted by Crippen LogP contribution is -1.97. The number of allylic oxidation sites excluding steroid dienone is 3. The van der Waals surface area contributed by atoms with E-state index in [1.807, 2.05) is 49.5 Å². The molecule has 0 bridgehead atoms. The van der Waals surface area contributed by atoms with Crippen molar-refractivity contribution in [1.29, 1.82) is 0 Å². The second-order valence-electron chi connectivity index (χ2n) is 16.4. The Morgan fingerprint density at radius 1 is 0.500 bits per heavy atom. The van der Waals surface area contributed by atoms with Crippen molar-refractivity contribution < 1.29 is 0 Å². The van der Waals surface area contributed by atoms with Crippen LogP contribution in [0.25, 0.3) is 121 Å². The van der Waals surface area contributed by atoms with Crippen LogP contribution in [0.3, 0.4) is 0 Å². The maximum Gasteiger partial charge on any atom is 0.146 e. The van der Waals surface area contributed by atoms with Crippen LogP contribution in [0.5, 0.6) is 0 Å².